The zero-order valence-electron chi connectivity index (χ0n) is 19.8. The third-order valence-electron chi connectivity index (χ3n) is 7.85. The molecule has 0 radical (unpaired) electrons. The van der Waals surface area contributed by atoms with Crippen molar-refractivity contribution < 1.29 is 24.2 Å². The fourth-order valence-electron chi connectivity index (χ4n) is 5.70. The van der Waals surface area contributed by atoms with Crippen LogP contribution < -0.4 is 15.4 Å². The maximum atomic E-state index is 12.6. The quantitative estimate of drug-likeness (QED) is 0.539. The van der Waals surface area contributed by atoms with Gasteiger partial charge in [-0.25, -0.2) is 0 Å². The molecule has 2 amide bonds. The SMILES string of the molecule is O=C(C[C@H]1C[C@H]2c3cc(NC(=O)C4CCC4)ccc3O[C@H]2[C@@H](CO)O1)NCCN1CCCCC1. The lowest BCUT2D eigenvalue weighted by molar-refractivity contribution is -0.142. The van der Waals surface area contributed by atoms with Gasteiger partial charge in [0.25, 0.3) is 0 Å². The average molecular weight is 472 g/mol. The summed E-state index contributed by atoms with van der Waals surface area (Å²) in [7, 11) is 0. The molecule has 0 unspecified atom stereocenters. The minimum Gasteiger partial charge on any atom is -0.487 e. The fourth-order valence-corrected chi connectivity index (χ4v) is 5.70. The average Bonchev–Trinajstić information content (AvgIpc) is 3.16. The van der Waals surface area contributed by atoms with Gasteiger partial charge in [-0.1, -0.05) is 12.8 Å². The summed E-state index contributed by atoms with van der Waals surface area (Å²) in [5.74, 6) is 0.980. The monoisotopic (exact) mass is 471 g/mol. The Morgan fingerprint density at radius 2 is 1.94 bits per heavy atom. The van der Waals surface area contributed by atoms with Gasteiger partial charge in [-0.3, -0.25) is 9.59 Å². The molecule has 34 heavy (non-hydrogen) atoms. The number of amides is 2. The zero-order chi connectivity index (χ0) is 23.5. The second-order valence-corrected chi connectivity index (χ2v) is 10.2. The van der Waals surface area contributed by atoms with Crippen LogP contribution in [0.2, 0.25) is 0 Å². The standard InChI is InChI=1S/C26H37N3O5/c30-16-23-25-21(14-19(33-23)15-24(31)27-9-12-29-10-2-1-3-11-29)20-13-18(7-8-22(20)34-25)28-26(32)17-5-4-6-17/h7-8,13,17,19,21,23,25,30H,1-6,9-12,14-16H2,(H,27,31)(H,28,32)/t19-,21+,23-,25-/m1/s1. The van der Waals surface area contributed by atoms with Gasteiger partial charge in [0.05, 0.1) is 19.1 Å². The number of hydrogen-bond acceptors (Lipinski definition) is 6. The van der Waals surface area contributed by atoms with Gasteiger partial charge in [0.15, 0.2) is 0 Å². The number of aliphatic hydroxyl groups is 1. The maximum absolute atomic E-state index is 12.6. The van der Waals surface area contributed by atoms with E-state index in [9.17, 15) is 14.7 Å². The molecule has 186 valence electrons. The van der Waals surface area contributed by atoms with Gasteiger partial charge < -0.3 is 30.1 Å². The van der Waals surface area contributed by atoms with Crippen molar-refractivity contribution in [3.63, 3.8) is 0 Å². The highest BCUT2D eigenvalue weighted by atomic mass is 16.6. The number of carbonyl (C=O) groups is 2. The number of anilines is 1. The number of fused-ring (bicyclic) bond motifs is 3. The number of carbonyl (C=O) groups excluding carboxylic acids is 2. The Morgan fingerprint density at radius 3 is 2.68 bits per heavy atom. The molecule has 1 aromatic rings. The highest BCUT2D eigenvalue weighted by Gasteiger charge is 2.46. The van der Waals surface area contributed by atoms with E-state index in [-0.39, 0.29) is 48.9 Å². The third-order valence-corrected chi connectivity index (χ3v) is 7.85. The molecule has 0 aromatic heterocycles. The van der Waals surface area contributed by atoms with Crippen molar-refractivity contribution >= 4 is 17.5 Å². The Morgan fingerprint density at radius 1 is 1.12 bits per heavy atom. The molecule has 1 saturated carbocycles. The lowest BCUT2D eigenvalue weighted by atomic mass is 9.83. The molecule has 2 saturated heterocycles. The second-order valence-electron chi connectivity index (χ2n) is 10.2. The van der Waals surface area contributed by atoms with Gasteiger partial charge in [-0.15, -0.1) is 0 Å². The smallest absolute Gasteiger partial charge is 0.227 e. The minimum absolute atomic E-state index is 0.0159. The summed E-state index contributed by atoms with van der Waals surface area (Å²) in [6.45, 7) is 3.61. The molecule has 0 spiro atoms. The van der Waals surface area contributed by atoms with Crippen molar-refractivity contribution in [2.45, 2.75) is 75.6 Å². The first-order chi connectivity index (χ1) is 16.6. The molecule has 8 nitrogen and oxygen atoms in total. The van der Waals surface area contributed by atoms with E-state index >= 15 is 0 Å². The molecule has 5 rings (SSSR count). The molecule has 3 heterocycles. The Bertz CT molecular complexity index is 883. The largest absolute Gasteiger partial charge is 0.487 e. The number of nitrogens with one attached hydrogen (secondary N) is 2. The minimum atomic E-state index is -0.481. The normalized spacial score (nSPS) is 28.9. The molecule has 8 heteroatoms. The predicted molar refractivity (Wildman–Crippen MR) is 128 cm³/mol. The van der Waals surface area contributed by atoms with E-state index < -0.39 is 6.10 Å². The van der Waals surface area contributed by atoms with Gasteiger partial charge in [-0.2, -0.15) is 0 Å². The van der Waals surface area contributed by atoms with Gasteiger partial charge in [-0.05, 0) is 63.4 Å². The van der Waals surface area contributed by atoms with Crippen LogP contribution in [0.4, 0.5) is 5.69 Å². The van der Waals surface area contributed by atoms with Crippen molar-refractivity contribution in [3.8, 4) is 5.75 Å². The molecule has 1 aliphatic carbocycles. The molecule has 1 aromatic carbocycles. The van der Waals surface area contributed by atoms with Crippen molar-refractivity contribution in [1.82, 2.24) is 10.2 Å². The number of likely N-dealkylation sites (tertiary alicyclic amines) is 1. The lowest BCUT2D eigenvalue weighted by Crippen LogP contribution is -2.47. The number of benzene rings is 1. The topological polar surface area (TPSA) is 100 Å². The van der Waals surface area contributed by atoms with Crippen LogP contribution in [-0.4, -0.2) is 72.9 Å². The summed E-state index contributed by atoms with van der Waals surface area (Å²) < 4.78 is 12.2. The molecule has 0 bridgehead atoms. The summed E-state index contributed by atoms with van der Waals surface area (Å²) in [6, 6.07) is 5.75. The summed E-state index contributed by atoms with van der Waals surface area (Å²) in [6.07, 6.45) is 6.70. The van der Waals surface area contributed by atoms with E-state index in [2.05, 4.69) is 15.5 Å². The Balaban J connectivity index is 1.18. The van der Waals surface area contributed by atoms with Crippen LogP contribution in [0.25, 0.3) is 0 Å². The number of rotatable bonds is 8. The molecule has 3 aliphatic heterocycles. The van der Waals surface area contributed by atoms with Crippen LogP contribution in [0.3, 0.4) is 0 Å². The van der Waals surface area contributed by atoms with Gasteiger partial charge in [0, 0.05) is 36.2 Å². The first-order valence-corrected chi connectivity index (χ1v) is 13.0. The number of nitrogens with zero attached hydrogens (tertiary/aromatic N) is 1. The first-order valence-electron chi connectivity index (χ1n) is 13.0. The van der Waals surface area contributed by atoms with Gasteiger partial charge >= 0.3 is 0 Å². The van der Waals surface area contributed by atoms with Crippen LogP contribution in [0.15, 0.2) is 18.2 Å². The number of ether oxygens (including phenoxy) is 2. The molecular weight excluding hydrogens is 434 g/mol. The van der Waals surface area contributed by atoms with Gasteiger partial charge in [0.2, 0.25) is 11.8 Å². The highest BCUT2D eigenvalue weighted by Crippen LogP contribution is 2.47. The molecule has 3 N–H and O–H groups in total. The maximum Gasteiger partial charge on any atom is 0.227 e. The highest BCUT2D eigenvalue weighted by molar-refractivity contribution is 5.93. The van der Waals surface area contributed by atoms with E-state index in [1.54, 1.807) is 0 Å². The third kappa shape index (κ3) is 5.24. The Labute approximate surface area is 201 Å². The van der Waals surface area contributed by atoms with Crippen molar-refractivity contribution in [2.24, 2.45) is 5.92 Å². The van der Waals surface area contributed by atoms with Crippen LogP contribution in [0, 0.1) is 5.92 Å². The van der Waals surface area contributed by atoms with Gasteiger partial charge in [0.1, 0.15) is 18.0 Å². The van der Waals surface area contributed by atoms with Crippen molar-refractivity contribution in [1.29, 1.82) is 0 Å². The lowest BCUT2D eigenvalue weighted by Gasteiger charge is -2.37. The molecule has 4 atom stereocenters. The van der Waals surface area contributed by atoms with E-state index in [1.807, 2.05) is 18.2 Å². The van der Waals surface area contributed by atoms with Crippen LogP contribution >= 0.6 is 0 Å². The van der Waals surface area contributed by atoms with Crippen LogP contribution in [-0.2, 0) is 14.3 Å². The first kappa shape index (κ1) is 23.6. The van der Waals surface area contributed by atoms with E-state index in [1.165, 1.54) is 19.3 Å². The summed E-state index contributed by atoms with van der Waals surface area (Å²) in [4.78, 5) is 27.4. The van der Waals surface area contributed by atoms with Crippen molar-refractivity contribution in [2.75, 3.05) is 38.1 Å². The van der Waals surface area contributed by atoms with E-state index in [0.717, 1.165) is 55.9 Å². The number of piperidine rings is 1. The van der Waals surface area contributed by atoms with E-state index in [4.69, 9.17) is 9.47 Å². The Kier molecular flexibility index (Phi) is 7.37. The second kappa shape index (κ2) is 10.6. The van der Waals surface area contributed by atoms with E-state index in [0.29, 0.717) is 13.0 Å². The van der Waals surface area contributed by atoms with Crippen LogP contribution in [0.1, 0.15) is 62.8 Å². The number of aliphatic hydroxyl groups excluding tert-OH is 1. The molecule has 3 fully saturated rings. The molecule has 4 aliphatic rings. The summed E-state index contributed by atoms with van der Waals surface area (Å²) in [5, 5.41) is 16.0. The fraction of sp³-hybridized carbons (Fsp3) is 0.692. The number of hydrogen-bond donors (Lipinski definition) is 3. The van der Waals surface area contributed by atoms with Crippen LogP contribution in [0.5, 0.6) is 5.75 Å². The summed E-state index contributed by atoms with van der Waals surface area (Å²) >= 11 is 0. The zero-order valence-corrected chi connectivity index (χ0v) is 19.8. The molecular formula is C26H37N3O5. The Hall–Kier alpha value is -2.16. The van der Waals surface area contributed by atoms with Crippen molar-refractivity contribution in [3.05, 3.63) is 23.8 Å². The predicted octanol–water partition coefficient (Wildman–Crippen LogP) is 2.41. The summed E-state index contributed by atoms with van der Waals surface area (Å²) in [5.41, 5.74) is 1.80.